The lowest BCUT2D eigenvalue weighted by Gasteiger charge is -2.25. The molecule has 1 aliphatic carbocycles. The van der Waals surface area contributed by atoms with E-state index in [1.54, 1.807) is 26.6 Å². The second kappa shape index (κ2) is 8.91. The second-order valence-electron chi connectivity index (χ2n) is 9.76. The third-order valence-corrected chi connectivity index (χ3v) is 6.70. The van der Waals surface area contributed by atoms with Gasteiger partial charge in [-0.15, -0.1) is 0 Å². The zero-order valence-electron chi connectivity index (χ0n) is 20.4. The van der Waals surface area contributed by atoms with Gasteiger partial charge in [0.15, 0.2) is 0 Å². The molecule has 0 saturated heterocycles. The number of methoxy groups -OCH3 is 2. The first kappa shape index (κ1) is 24.0. The highest BCUT2D eigenvalue weighted by Gasteiger charge is 2.42. The molecule has 8 heteroatoms. The highest BCUT2D eigenvalue weighted by molar-refractivity contribution is 7.92. The Morgan fingerprint density at radius 3 is 2.24 bits per heavy atom. The number of hydrogen-bond donors (Lipinski definition) is 1. The molecule has 2 unspecified atom stereocenters. The summed E-state index contributed by atoms with van der Waals surface area (Å²) in [4.78, 5) is 8.88. The maximum absolute atomic E-state index is 11.5. The summed E-state index contributed by atoms with van der Waals surface area (Å²) in [7, 11) is 0.0200. The van der Waals surface area contributed by atoms with Crippen LogP contribution >= 0.6 is 0 Å². The van der Waals surface area contributed by atoms with Crippen LogP contribution in [0.3, 0.4) is 0 Å². The van der Waals surface area contributed by atoms with Gasteiger partial charge in [-0.2, -0.15) is 0 Å². The molecule has 1 N–H and O–H groups in total. The van der Waals surface area contributed by atoms with Gasteiger partial charge in [0.1, 0.15) is 11.4 Å². The van der Waals surface area contributed by atoms with Gasteiger partial charge >= 0.3 is 0 Å². The van der Waals surface area contributed by atoms with Crippen molar-refractivity contribution in [3.8, 4) is 22.9 Å². The van der Waals surface area contributed by atoms with E-state index in [0.717, 1.165) is 35.1 Å². The lowest BCUT2D eigenvalue weighted by Crippen LogP contribution is -2.14. The molecule has 1 fully saturated rings. The average molecular weight is 482 g/mol. The van der Waals surface area contributed by atoms with Crippen LogP contribution in [0.2, 0.25) is 0 Å². The minimum absolute atomic E-state index is 0.144. The Morgan fingerprint density at radius 2 is 1.65 bits per heavy atom. The molecule has 0 bridgehead atoms. The van der Waals surface area contributed by atoms with Crippen LogP contribution in [0.5, 0.6) is 11.6 Å². The van der Waals surface area contributed by atoms with Crippen LogP contribution in [0, 0.1) is 0 Å². The lowest BCUT2D eigenvalue weighted by atomic mass is 9.82. The summed E-state index contributed by atoms with van der Waals surface area (Å²) in [6.07, 6.45) is 5.43. The van der Waals surface area contributed by atoms with E-state index < -0.39 is 10.0 Å². The van der Waals surface area contributed by atoms with Gasteiger partial charge < -0.3 is 9.47 Å². The first-order valence-electron chi connectivity index (χ1n) is 11.2. The topological polar surface area (TPSA) is 90.4 Å². The Hall–Kier alpha value is -3.13. The van der Waals surface area contributed by atoms with Crippen molar-refractivity contribution in [3.05, 3.63) is 65.5 Å². The van der Waals surface area contributed by atoms with E-state index in [1.807, 2.05) is 24.3 Å². The smallest absolute Gasteiger partial charge is 0.240 e. The van der Waals surface area contributed by atoms with Gasteiger partial charge in [-0.3, -0.25) is 4.72 Å². The molecule has 1 saturated carbocycles. The van der Waals surface area contributed by atoms with Crippen LogP contribution in [0.4, 0.5) is 5.69 Å². The van der Waals surface area contributed by atoms with Crippen LogP contribution in [0.25, 0.3) is 11.3 Å². The molecule has 0 spiro atoms. The van der Waals surface area contributed by atoms with Crippen molar-refractivity contribution in [2.24, 2.45) is 0 Å². The van der Waals surface area contributed by atoms with Crippen LogP contribution in [-0.2, 0) is 15.4 Å². The van der Waals surface area contributed by atoms with Gasteiger partial charge in [0, 0.05) is 29.2 Å². The van der Waals surface area contributed by atoms with E-state index in [4.69, 9.17) is 9.47 Å². The predicted molar refractivity (Wildman–Crippen MR) is 134 cm³/mol. The lowest BCUT2D eigenvalue weighted by molar-refractivity contribution is 0.392. The van der Waals surface area contributed by atoms with E-state index in [1.165, 1.54) is 5.56 Å². The van der Waals surface area contributed by atoms with Crippen LogP contribution in [-0.4, -0.2) is 38.9 Å². The summed E-state index contributed by atoms with van der Waals surface area (Å²) in [5.41, 5.74) is 5.49. The van der Waals surface area contributed by atoms with E-state index in [9.17, 15) is 8.42 Å². The highest BCUT2D eigenvalue weighted by atomic mass is 32.2. The van der Waals surface area contributed by atoms with Crippen molar-refractivity contribution < 1.29 is 17.9 Å². The summed E-state index contributed by atoms with van der Waals surface area (Å²) in [5.74, 6) is 2.00. The van der Waals surface area contributed by atoms with E-state index >= 15 is 0 Å². The monoisotopic (exact) mass is 481 g/mol. The summed E-state index contributed by atoms with van der Waals surface area (Å²) >= 11 is 0. The van der Waals surface area contributed by atoms with Crippen LogP contribution < -0.4 is 14.2 Å². The molecule has 4 rings (SSSR count). The minimum atomic E-state index is -3.30. The molecular formula is C26H31N3O4S. The summed E-state index contributed by atoms with van der Waals surface area (Å²) < 4.78 is 37.0. The summed E-state index contributed by atoms with van der Waals surface area (Å²) in [6.45, 7) is 6.51. The Labute approximate surface area is 201 Å². The molecule has 0 radical (unpaired) electrons. The molecule has 0 amide bonds. The normalized spacial score (nSPS) is 17.8. The Morgan fingerprint density at radius 1 is 0.971 bits per heavy atom. The largest absolute Gasteiger partial charge is 0.496 e. The molecule has 3 aromatic rings. The molecule has 2 atom stereocenters. The number of rotatable bonds is 7. The van der Waals surface area contributed by atoms with Crippen LogP contribution in [0.15, 0.2) is 48.8 Å². The number of sulfonamides is 1. The second-order valence-corrected chi connectivity index (χ2v) is 11.5. The number of benzene rings is 2. The van der Waals surface area contributed by atoms with Gasteiger partial charge in [0.25, 0.3) is 0 Å². The zero-order valence-corrected chi connectivity index (χ0v) is 21.2. The Bertz CT molecular complexity index is 1300. The van der Waals surface area contributed by atoms with E-state index in [2.05, 4.69) is 47.6 Å². The third kappa shape index (κ3) is 5.01. The summed E-state index contributed by atoms with van der Waals surface area (Å²) in [6, 6.07) is 11.9. The molecule has 2 aromatic carbocycles. The Balaban J connectivity index is 1.74. The van der Waals surface area contributed by atoms with Crippen molar-refractivity contribution in [2.45, 2.75) is 44.4 Å². The third-order valence-electron chi connectivity index (χ3n) is 6.09. The molecule has 1 aromatic heterocycles. The summed E-state index contributed by atoms with van der Waals surface area (Å²) in [5, 5.41) is 0. The fraction of sp³-hybridized carbons (Fsp3) is 0.385. The maximum Gasteiger partial charge on any atom is 0.240 e. The van der Waals surface area contributed by atoms with Gasteiger partial charge in [-0.25, -0.2) is 18.4 Å². The SMILES string of the molecule is COc1nccnc1-c1cc(C2CC2c2ccc(NS(C)(=O)=O)cc2)c(OC)c(C(C)(C)C)c1. The fourth-order valence-corrected chi connectivity index (χ4v) is 5.00. The number of ether oxygens (including phenoxy) is 2. The van der Waals surface area contributed by atoms with Crippen molar-refractivity contribution in [3.63, 3.8) is 0 Å². The van der Waals surface area contributed by atoms with Crippen LogP contribution in [0.1, 0.15) is 55.7 Å². The van der Waals surface area contributed by atoms with Gasteiger partial charge in [0.05, 0.1) is 20.5 Å². The number of hydrogen-bond acceptors (Lipinski definition) is 6. The van der Waals surface area contributed by atoms with Gasteiger partial charge in [-0.1, -0.05) is 32.9 Å². The standard InChI is InChI=1S/C26H31N3O4S/c1-26(2,3)22-14-17(23-25(33-5)28-12-11-27-23)13-21(24(22)32-4)20-15-19(20)16-7-9-18(10-8-16)29-34(6,30)31/h7-14,19-20,29H,15H2,1-6H3. The molecule has 7 nitrogen and oxygen atoms in total. The number of nitrogens with one attached hydrogen (secondary N) is 1. The molecule has 1 aliphatic rings. The molecular weight excluding hydrogens is 450 g/mol. The first-order chi connectivity index (χ1) is 16.0. The fourth-order valence-electron chi connectivity index (χ4n) is 4.44. The van der Waals surface area contributed by atoms with Crippen molar-refractivity contribution in [1.29, 1.82) is 0 Å². The number of anilines is 1. The van der Waals surface area contributed by atoms with Gasteiger partial charge in [-0.05, 0) is 59.1 Å². The van der Waals surface area contributed by atoms with Crippen molar-refractivity contribution in [2.75, 3.05) is 25.2 Å². The number of aromatic nitrogens is 2. The molecule has 180 valence electrons. The highest BCUT2D eigenvalue weighted by Crippen LogP contribution is 2.58. The predicted octanol–water partition coefficient (Wildman–Crippen LogP) is 5.10. The number of nitrogens with zero attached hydrogens (tertiary/aromatic N) is 2. The van der Waals surface area contributed by atoms with E-state index in [-0.39, 0.29) is 11.3 Å². The zero-order chi connectivity index (χ0) is 24.7. The molecule has 34 heavy (non-hydrogen) atoms. The Kier molecular flexibility index (Phi) is 6.29. The van der Waals surface area contributed by atoms with Gasteiger partial charge in [0.2, 0.25) is 15.9 Å². The van der Waals surface area contributed by atoms with Crippen molar-refractivity contribution in [1.82, 2.24) is 9.97 Å². The van der Waals surface area contributed by atoms with E-state index in [0.29, 0.717) is 23.2 Å². The minimum Gasteiger partial charge on any atom is -0.496 e. The average Bonchev–Trinajstić information content (AvgIpc) is 3.57. The molecule has 1 heterocycles. The van der Waals surface area contributed by atoms with Crippen molar-refractivity contribution >= 4 is 15.7 Å². The maximum atomic E-state index is 11.5. The first-order valence-corrected chi connectivity index (χ1v) is 13.1. The quantitative estimate of drug-likeness (QED) is 0.505. The molecule has 0 aliphatic heterocycles.